The number of hydrogen-bond donors (Lipinski definition) is 1. The molecule has 0 radical (unpaired) electrons. The molecule has 2 bridgehead atoms. The van der Waals surface area contributed by atoms with Gasteiger partial charge >= 0.3 is 0 Å². The van der Waals surface area contributed by atoms with Gasteiger partial charge in [-0.15, -0.1) is 0 Å². The standard InChI is InChI=1S/C24H30FN5O2/c25-17-7-5-16(6-8-17)24(9-1-2-10-24)30-19-12-21(23(30)32)28(14-19)15-20(27)22(31)29-11-3-4-18(29)13-26/h5-8,18-21H,1-4,9-12,14-15,27H2/t18-,19?,20-,21+/m0/s1. The summed E-state index contributed by atoms with van der Waals surface area (Å²) in [6, 6.07) is 7.51. The van der Waals surface area contributed by atoms with Crippen LogP contribution in [0, 0.1) is 17.1 Å². The van der Waals surface area contributed by atoms with Crippen LogP contribution in [-0.4, -0.2) is 70.3 Å². The van der Waals surface area contributed by atoms with Gasteiger partial charge in [0, 0.05) is 25.7 Å². The Morgan fingerprint density at radius 3 is 2.62 bits per heavy atom. The van der Waals surface area contributed by atoms with Crippen LogP contribution in [0.25, 0.3) is 0 Å². The minimum absolute atomic E-state index is 0.0802. The molecule has 170 valence electrons. The second kappa shape index (κ2) is 8.13. The van der Waals surface area contributed by atoms with E-state index in [1.54, 1.807) is 4.90 Å². The lowest BCUT2D eigenvalue weighted by Gasteiger charge is -2.46. The molecule has 8 heteroatoms. The quantitative estimate of drug-likeness (QED) is 0.754. The van der Waals surface area contributed by atoms with Gasteiger partial charge in [0.1, 0.15) is 11.9 Å². The first kappa shape index (κ1) is 21.4. The number of nitriles is 1. The summed E-state index contributed by atoms with van der Waals surface area (Å²) in [5, 5.41) is 9.27. The van der Waals surface area contributed by atoms with Crippen molar-refractivity contribution in [3.05, 3.63) is 35.6 Å². The van der Waals surface area contributed by atoms with Gasteiger partial charge in [0.15, 0.2) is 0 Å². The summed E-state index contributed by atoms with van der Waals surface area (Å²) in [6.07, 6.45) is 6.17. The van der Waals surface area contributed by atoms with E-state index < -0.39 is 12.1 Å². The Labute approximate surface area is 187 Å². The molecule has 0 spiro atoms. The van der Waals surface area contributed by atoms with E-state index in [2.05, 4.69) is 15.9 Å². The van der Waals surface area contributed by atoms with Crippen molar-refractivity contribution in [2.75, 3.05) is 19.6 Å². The minimum Gasteiger partial charge on any atom is -0.327 e. The molecule has 2 amide bonds. The fourth-order valence-corrected chi connectivity index (χ4v) is 6.52. The zero-order valence-corrected chi connectivity index (χ0v) is 18.3. The summed E-state index contributed by atoms with van der Waals surface area (Å²) in [5.74, 6) is -0.361. The average Bonchev–Trinajstić information content (AvgIpc) is 3.57. The number of nitrogens with two attached hydrogens (primary N) is 1. The number of benzene rings is 1. The lowest BCUT2D eigenvalue weighted by Crippen LogP contribution is -2.60. The van der Waals surface area contributed by atoms with Crippen molar-refractivity contribution in [1.82, 2.24) is 14.7 Å². The summed E-state index contributed by atoms with van der Waals surface area (Å²) in [7, 11) is 0. The number of carbonyl (C=O) groups excluding carboxylic acids is 2. The highest BCUT2D eigenvalue weighted by molar-refractivity contribution is 5.87. The lowest BCUT2D eigenvalue weighted by atomic mass is 9.85. The molecule has 1 aliphatic carbocycles. The predicted octanol–water partition coefficient (Wildman–Crippen LogP) is 1.72. The normalized spacial score (nSPS) is 30.2. The van der Waals surface area contributed by atoms with Gasteiger partial charge in [-0.1, -0.05) is 25.0 Å². The number of nitrogens with zero attached hydrogens (tertiary/aromatic N) is 4. The van der Waals surface area contributed by atoms with Crippen LogP contribution in [0.1, 0.15) is 50.5 Å². The summed E-state index contributed by atoms with van der Waals surface area (Å²) >= 11 is 0. The minimum atomic E-state index is -0.734. The van der Waals surface area contributed by atoms with Gasteiger partial charge in [-0.2, -0.15) is 5.26 Å². The summed E-state index contributed by atoms with van der Waals surface area (Å²) < 4.78 is 13.6. The van der Waals surface area contributed by atoms with Crippen LogP contribution in [0.5, 0.6) is 0 Å². The van der Waals surface area contributed by atoms with Gasteiger partial charge in [-0.3, -0.25) is 14.5 Å². The van der Waals surface area contributed by atoms with Crippen LogP contribution in [0.3, 0.4) is 0 Å². The Morgan fingerprint density at radius 1 is 1.25 bits per heavy atom. The molecular formula is C24H30FN5O2. The van der Waals surface area contributed by atoms with Gasteiger partial charge in [0.2, 0.25) is 11.8 Å². The van der Waals surface area contributed by atoms with Crippen molar-refractivity contribution in [2.24, 2.45) is 5.73 Å². The molecule has 1 unspecified atom stereocenters. The molecule has 2 N–H and O–H groups in total. The third-order valence-corrected chi connectivity index (χ3v) is 7.98. The van der Waals surface area contributed by atoms with Crippen molar-refractivity contribution in [1.29, 1.82) is 5.26 Å². The number of amides is 2. The van der Waals surface area contributed by atoms with Crippen molar-refractivity contribution in [3.63, 3.8) is 0 Å². The molecule has 3 saturated heterocycles. The largest absolute Gasteiger partial charge is 0.327 e. The van der Waals surface area contributed by atoms with Gasteiger partial charge in [-0.05, 0) is 49.8 Å². The Morgan fingerprint density at radius 2 is 1.97 bits per heavy atom. The van der Waals surface area contributed by atoms with E-state index in [1.165, 1.54) is 12.1 Å². The molecule has 1 aromatic rings. The average molecular weight is 440 g/mol. The van der Waals surface area contributed by atoms with E-state index >= 15 is 0 Å². The molecular weight excluding hydrogens is 409 g/mol. The monoisotopic (exact) mass is 439 g/mol. The predicted molar refractivity (Wildman–Crippen MR) is 115 cm³/mol. The summed E-state index contributed by atoms with van der Waals surface area (Å²) in [6.45, 7) is 1.60. The molecule has 5 rings (SSSR count). The Balaban J connectivity index is 1.30. The van der Waals surface area contributed by atoms with Gasteiger partial charge in [0.25, 0.3) is 0 Å². The molecule has 3 heterocycles. The molecule has 1 saturated carbocycles. The highest BCUT2D eigenvalue weighted by Crippen LogP contribution is 2.49. The van der Waals surface area contributed by atoms with E-state index in [0.717, 1.165) is 44.1 Å². The van der Waals surface area contributed by atoms with Gasteiger partial charge in [0.05, 0.1) is 23.7 Å². The first-order valence-electron chi connectivity index (χ1n) is 11.7. The van der Waals surface area contributed by atoms with E-state index in [-0.39, 0.29) is 35.3 Å². The number of likely N-dealkylation sites (tertiary alicyclic amines) is 3. The number of carbonyl (C=O) groups is 2. The van der Waals surface area contributed by atoms with Gasteiger partial charge < -0.3 is 15.5 Å². The number of halogens is 1. The molecule has 4 fully saturated rings. The van der Waals surface area contributed by atoms with Crippen molar-refractivity contribution in [3.8, 4) is 6.07 Å². The highest BCUT2D eigenvalue weighted by Gasteiger charge is 2.57. The second-order valence-electron chi connectivity index (χ2n) is 9.74. The maximum absolute atomic E-state index is 13.6. The molecule has 7 nitrogen and oxygen atoms in total. The molecule has 4 aliphatic rings. The molecule has 3 aliphatic heterocycles. The zero-order valence-electron chi connectivity index (χ0n) is 18.3. The van der Waals surface area contributed by atoms with E-state index in [9.17, 15) is 19.2 Å². The number of piperazine rings is 1. The van der Waals surface area contributed by atoms with Crippen LogP contribution in [0.2, 0.25) is 0 Å². The number of hydrogen-bond acceptors (Lipinski definition) is 5. The first-order chi connectivity index (χ1) is 15.4. The Hall–Kier alpha value is -2.50. The first-order valence-corrected chi connectivity index (χ1v) is 11.7. The third-order valence-electron chi connectivity index (χ3n) is 7.98. The third kappa shape index (κ3) is 3.30. The van der Waals surface area contributed by atoms with Crippen LogP contribution in [0.4, 0.5) is 4.39 Å². The Kier molecular flexibility index (Phi) is 5.42. The van der Waals surface area contributed by atoms with Crippen molar-refractivity contribution in [2.45, 2.75) is 74.7 Å². The Bertz CT molecular complexity index is 939. The van der Waals surface area contributed by atoms with Gasteiger partial charge in [-0.25, -0.2) is 4.39 Å². The van der Waals surface area contributed by atoms with E-state index in [1.807, 2.05) is 12.1 Å². The maximum atomic E-state index is 13.6. The maximum Gasteiger partial charge on any atom is 0.241 e. The van der Waals surface area contributed by atoms with E-state index in [0.29, 0.717) is 26.1 Å². The SMILES string of the molecule is N#C[C@@H]1CCCN1C(=O)[C@@H](N)CN1CC2C[C@@H]1C(=O)N2C1(c2ccc(F)cc2)CCCC1. The van der Waals surface area contributed by atoms with Crippen LogP contribution in [-0.2, 0) is 15.1 Å². The second-order valence-corrected chi connectivity index (χ2v) is 9.74. The molecule has 4 atom stereocenters. The molecule has 0 aromatic heterocycles. The number of rotatable bonds is 5. The van der Waals surface area contributed by atoms with Crippen LogP contribution < -0.4 is 5.73 Å². The van der Waals surface area contributed by atoms with Crippen LogP contribution in [0.15, 0.2) is 24.3 Å². The number of fused-ring (bicyclic) bond motifs is 2. The topological polar surface area (TPSA) is 93.7 Å². The summed E-state index contributed by atoms with van der Waals surface area (Å²) in [4.78, 5) is 32.1. The fourth-order valence-electron chi connectivity index (χ4n) is 6.52. The smallest absolute Gasteiger partial charge is 0.241 e. The van der Waals surface area contributed by atoms with Crippen molar-refractivity contribution < 1.29 is 14.0 Å². The zero-order chi connectivity index (χ0) is 22.5. The molecule has 32 heavy (non-hydrogen) atoms. The summed E-state index contributed by atoms with van der Waals surface area (Å²) in [5.41, 5.74) is 6.92. The van der Waals surface area contributed by atoms with Crippen LogP contribution >= 0.6 is 0 Å². The fraction of sp³-hybridized carbons (Fsp3) is 0.625. The van der Waals surface area contributed by atoms with Crippen molar-refractivity contribution >= 4 is 11.8 Å². The lowest BCUT2D eigenvalue weighted by molar-refractivity contribution is -0.145. The van der Waals surface area contributed by atoms with E-state index in [4.69, 9.17) is 5.73 Å². The highest BCUT2D eigenvalue weighted by atomic mass is 19.1. The molecule has 1 aromatic carbocycles.